The summed E-state index contributed by atoms with van der Waals surface area (Å²) in [4.78, 5) is 22.9. The van der Waals surface area contributed by atoms with Crippen molar-refractivity contribution in [2.24, 2.45) is 0 Å². The maximum atomic E-state index is 12.1. The lowest BCUT2D eigenvalue weighted by atomic mass is 10.2. The van der Waals surface area contributed by atoms with Crippen LogP contribution in [0.2, 0.25) is 0 Å². The van der Waals surface area contributed by atoms with E-state index in [1.165, 1.54) is 28.9 Å². The van der Waals surface area contributed by atoms with Crippen molar-refractivity contribution in [2.75, 3.05) is 18.2 Å². The smallest absolute Gasteiger partial charge is 0.234 e. The van der Waals surface area contributed by atoms with Gasteiger partial charge < -0.3 is 20.0 Å². The number of carboxylic acid groups (broad SMARTS) is 1. The van der Waals surface area contributed by atoms with Crippen LogP contribution in [-0.2, 0) is 4.79 Å². The zero-order chi connectivity index (χ0) is 19.2. The summed E-state index contributed by atoms with van der Waals surface area (Å²) >= 11 is 1.16. The first-order valence-electron chi connectivity index (χ1n) is 7.74. The van der Waals surface area contributed by atoms with E-state index in [1.807, 2.05) is 12.1 Å². The number of nitrogens with zero attached hydrogens (tertiary/aromatic N) is 4. The molecule has 1 aromatic heterocycles. The molecule has 2 aromatic carbocycles. The molecule has 1 N–H and O–H groups in total. The van der Waals surface area contributed by atoms with E-state index in [2.05, 4.69) is 20.8 Å². The van der Waals surface area contributed by atoms with E-state index in [9.17, 15) is 14.7 Å². The molecule has 9 nitrogen and oxygen atoms in total. The summed E-state index contributed by atoms with van der Waals surface area (Å²) in [6, 6.07) is 13.0. The van der Waals surface area contributed by atoms with Gasteiger partial charge in [-0.05, 0) is 40.3 Å². The molecule has 10 heteroatoms. The highest BCUT2D eigenvalue weighted by Crippen LogP contribution is 2.25. The van der Waals surface area contributed by atoms with Crippen LogP contribution in [0.3, 0.4) is 0 Å². The molecule has 0 fully saturated rings. The van der Waals surface area contributed by atoms with Gasteiger partial charge in [0.1, 0.15) is 11.4 Å². The number of nitrogens with one attached hydrogen (secondary N) is 1. The van der Waals surface area contributed by atoms with Gasteiger partial charge in [0.25, 0.3) is 0 Å². The first kappa shape index (κ1) is 18.4. The van der Waals surface area contributed by atoms with E-state index >= 15 is 0 Å². The van der Waals surface area contributed by atoms with Crippen LogP contribution >= 0.6 is 11.8 Å². The van der Waals surface area contributed by atoms with Crippen LogP contribution in [0.4, 0.5) is 5.69 Å². The molecule has 0 bridgehead atoms. The minimum absolute atomic E-state index is 0.0401. The number of aromatic carboxylic acids is 1. The number of aromatic nitrogens is 4. The third kappa shape index (κ3) is 4.42. The number of carboxylic acids is 1. The number of anilines is 1. The summed E-state index contributed by atoms with van der Waals surface area (Å²) in [5.74, 6) is -0.885. The molecule has 27 heavy (non-hydrogen) atoms. The molecule has 0 saturated heterocycles. The largest absolute Gasteiger partial charge is 0.545 e. The molecule has 0 spiro atoms. The van der Waals surface area contributed by atoms with E-state index in [1.54, 1.807) is 19.2 Å². The van der Waals surface area contributed by atoms with Crippen LogP contribution in [0, 0.1) is 0 Å². The highest BCUT2D eigenvalue weighted by molar-refractivity contribution is 7.99. The summed E-state index contributed by atoms with van der Waals surface area (Å²) in [5.41, 5.74) is 1.18. The number of tetrazole rings is 1. The number of carbonyl (C=O) groups excluding carboxylic acids is 2. The van der Waals surface area contributed by atoms with Gasteiger partial charge in [-0.25, -0.2) is 0 Å². The second-order valence-corrected chi connectivity index (χ2v) is 6.19. The fourth-order valence-corrected chi connectivity index (χ4v) is 2.93. The molecule has 138 valence electrons. The van der Waals surface area contributed by atoms with Crippen molar-refractivity contribution < 1.29 is 19.4 Å². The quantitative estimate of drug-likeness (QED) is 0.593. The maximum absolute atomic E-state index is 12.1. The summed E-state index contributed by atoms with van der Waals surface area (Å²) in [7, 11) is 1.55. The van der Waals surface area contributed by atoms with Gasteiger partial charge in [-0.1, -0.05) is 36.0 Å². The topological polar surface area (TPSA) is 122 Å². The Morgan fingerprint density at radius 1 is 1.19 bits per heavy atom. The van der Waals surface area contributed by atoms with Gasteiger partial charge in [0.05, 0.1) is 18.8 Å². The zero-order valence-electron chi connectivity index (χ0n) is 14.2. The fourth-order valence-electron chi connectivity index (χ4n) is 2.24. The van der Waals surface area contributed by atoms with Gasteiger partial charge in [0.15, 0.2) is 0 Å². The van der Waals surface area contributed by atoms with E-state index < -0.39 is 5.97 Å². The second kappa shape index (κ2) is 8.32. The predicted molar refractivity (Wildman–Crippen MR) is 95.8 cm³/mol. The average Bonchev–Trinajstić information content (AvgIpc) is 3.15. The molecule has 0 radical (unpaired) electrons. The summed E-state index contributed by atoms with van der Waals surface area (Å²) in [6.45, 7) is 0. The van der Waals surface area contributed by atoms with E-state index in [0.29, 0.717) is 22.3 Å². The summed E-state index contributed by atoms with van der Waals surface area (Å²) in [5, 5.41) is 25.4. The lowest BCUT2D eigenvalue weighted by Crippen LogP contribution is -2.22. The van der Waals surface area contributed by atoms with Crippen LogP contribution < -0.4 is 15.2 Å². The van der Waals surface area contributed by atoms with Crippen LogP contribution in [0.25, 0.3) is 5.69 Å². The third-order valence-corrected chi connectivity index (χ3v) is 4.41. The Hall–Kier alpha value is -3.40. The molecule has 0 atom stereocenters. The van der Waals surface area contributed by atoms with Crippen LogP contribution in [0.1, 0.15) is 10.4 Å². The Bertz CT molecular complexity index is 958. The molecule has 0 aliphatic heterocycles. The molecule has 1 amide bonds. The van der Waals surface area contributed by atoms with Crippen molar-refractivity contribution in [2.45, 2.75) is 5.16 Å². The number of benzene rings is 2. The van der Waals surface area contributed by atoms with Gasteiger partial charge in [-0.3, -0.25) is 4.79 Å². The Labute approximate surface area is 158 Å². The van der Waals surface area contributed by atoms with Crippen molar-refractivity contribution in [1.82, 2.24) is 20.2 Å². The number of rotatable bonds is 7. The maximum Gasteiger partial charge on any atom is 0.234 e. The van der Waals surface area contributed by atoms with Crippen molar-refractivity contribution in [3.8, 4) is 11.4 Å². The highest BCUT2D eigenvalue weighted by atomic mass is 32.2. The van der Waals surface area contributed by atoms with Crippen LogP contribution in [-0.4, -0.2) is 44.9 Å². The molecule has 0 aliphatic carbocycles. The van der Waals surface area contributed by atoms with Crippen molar-refractivity contribution >= 4 is 29.3 Å². The number of amides is 1. The van der Waals surface area contributed by atoms with Gasteiger partial charge in [-0.2, -0.15) is 4.68 Å². The third-order valence-electron chi connectivity index (χ3n) is 3.49. The normalized spacial score (nSPS) is 10.4. The van der Waals surface area contributed by atoms with E-state index in [4.69, 9.17) is 4.74 Å². The molecule has 3 aromatic rings. The van der Waals surface area contributed by atoms with Crippen LogP contribution in [0.15, 0.2) is 53.7 Å². The Morgan fingerprint density at radius 3 is 2.63 bits per heavy atom. The predicted octanol–water partition coefficient (Wildman–Crippen LogP) is 0.765. The lowest BCUT2D eigenvalue weighted by Gasteiger charge is -2.09. The van der Waals surface area contributed by atoms with Crippen LogP contribution in [0.5, 0.6) is 5.75 Å². The number of para-hydroxylation sites is 2. The van der Waals surface area contributed by atoms with Gasteiger partial charge in [0.2, 0.25) is 11.1 Å². The van der Waals surface area contributed by atoms with Crippen molar-refractivity contribution in [3.63, 3.8) is 0 Å². The SMILES string of the molecule is COc1ccccc1-n1nnnc1SCC(=O)Nc1ccc(C(=O)[O-])cc1. The van der Waals surface area contributed by atoms with Gasteiger partial charge in [-0.15, -0.1) is 5.10 Å². The van der Waals surface area contributed by atoms with Gasteiger partial charge in [0, 0.05) is 5.69 Å². The molecule has 0 unspecified atom stereocenters. The van der Waals surface area contributed by atoms with E-state index in [0.717, 1.165) is 11.8 Å². The molecular weight excluding hydrogens is 370 g/mol. The summed E-state index contributed by atoms with van der Waals surface area (Å²) < 4.78 is 6.80. The Kier molecular flexibility index (Phi) is 5.67. The lowest BCUT2D eigenvalue weighted by molar-refractivity contribution is -0.255. The fraction of sp³-hybridized carbons (Fsp3) is 0.118. The summed E-state index contributed by atoms with van der Waals surface area (Å²) in [6.07, 6.45) is 0. The minimum atomic E-state index is -1.27. The highest BCUT2D eigenvalue weighted by Gasteiger charge is 2.14. The van der Waals surface area contributed by atoms with Crippen molar-refractivity contribution in [1.29, 1.82) is 0 Å². The first-order valence-corrected chi connectivity index (χ1v) is 8.73. The number of hydrogen-bond donors (Lipinski definition) is 1. The number of methoxy groups -OCH3 is 1. The number of thioether (sulfide) groups is 1. The minimum Gasteiger partial charge on any atom is -0.545 e. The zero-order valence-corrected chi connectivity index (χ0v) is 15.0. The molecular formula is C17H14N5O4S-. The molecule has 1 heterocycles. The Balaban J connectivity index is 1.65. The van der Waals surface area contributed by atoms with Gasteiger partial charge >= 0.3 is 0 Å². The molecule has 3 rings (SSSR count). The number of carbonyl (C=O) groups is 2. The van der Waals surface area contributed by atoms with E-state index in [-0.39, 0.29) is 17.2 Å². The standard InChI is InChI=1S/C17H15N5O4S/c1-26-14-5-3-2-4-13(14)22-17(19-20-21-22)27-10-15(23)18-12-8-6-11(7-9-12)16(24)25/h2-9H,10H2,1H3,(H,18,23)(H,24,25)/p-1. The second-order valence-electron chi connectivity index (χ2n) is 5.25. The molecule has 0 saturated carbocycles. The first-order chi connectivity index (χ1) is 13.1. The number of hydrogen-bond acceptors (Lipinski definition) is 8. The molecule has 0 aliphatic rings. The average molecular weight is 384 g/mol. The Morgan fingerprint density at radius 2 is 1.93 bits per heavy atom. The van der Waals surface area contributed by atoms with Crippen molar-refractivity contribution in [3.05, 3.63) is 54.1 Å². The monoisotopic (exact) mass is 384 g/mol. The number of ether oxygens (including phenoxy) is 1.